The van der Waals surface area contributed by atoms with E-state index < -0.39 is 30.6 Å². The van der Waals surface area contributed by atoms with Crippen LogP contribution in [-0.4, -0.2) is 56.1 Å². The molecule has 0 spiro atoms. The van der Waals surface area contributed by atoms with E-state index in [-0.39, 0.29) is 17.0 Å². The van der Waals surface area contributed by atoms with E-state index in [1.165, 1.54) is 17.2 Å². The number of aromatic nitrogens is 4. The molecule has 0 aliphatic carbocycles. The number of nitrogens with zero attached hydrogens (tertiary/aromatic N) is 4. The second-order valence-corrected chi connectivity index (χ2v) is 4.49. The van der Waals surface area contributed by atoms with E-state index in [0.29, 0.717) is 0 Å². The minimum Gasteiger partial charge on any atom is -0.467 e. The maximum absolute atomic E-state index is 14.2. The lowest BCUT2D eigenvalue weighted by Gasteiger charge is -2.14. The number of halogens is 1. The van der Waals surface area contributed by atoms with E-state index in [1.807, 2.05) is 0 Å². The molecule has 1 aliphatic heterocycles. The van der Waals surface area contributed by atoms with Gasteiger partial charge < -0.3 is 20.3 Å². The Morgan fingerprint density at radius 1 is 1.52 bits per heavy atom. The number of carbonyl (C=O) groups is 1. The highest BCUT2D eigenvalue weighted by atomic mass is 19.1. The second kappa shape index (κ2) is 4.90. The van der Waals surface area contributed by atoms with E-state index in [0.717, 1.165) is 7.11 Å². The summed E-state index contributed by atoms with van der Waals surface area (Å²) in [7, 11) is 1.12. The molecule has 0 unspecified atom stereocenters. The van der Waals surface area contributed by atoms with Crippen molar-refractivity contribution in [2.24, 2.45) is 0 Å². The molecule has 4 atom stereocenters. The Morgan fingerprint density at radius 3 is 3.00 bits per heavy atom. The molecule has 0 amide bonds. The Morgan fingerprint density at radius 2 is 2.29 bits per heavy atom. The maximum atomic E-state index is 14.2. The van der Waals surface area contributed by atoms with Gasteiger partial charge in [0.05, 0.1) is 13.4 Å². The maximum Gasteiger partial charge on any atom is 0.337 e. The van der Waals surface area contributed by atoms with Gasteiger partial charge in [0.15, 0.2) is 30.0 Å². The number of alkyl halides is 1. The van der Waals surface area contributed by atoms with Gasteiger partial charge in [-0.3, -0.25) is 4.57 Å². The third kappa shape index (κ3) is 1.99. The van der Waals surface area contributed by atoms with Gasteiger partial charge in [-0.05, 0) is 0 Å². The standard InChI is InChI=1S/C11H12FN5O4/c1-20-11(19)7-6(18)4(12)10(21-7)17-3-16-5-8(13)14-2-15-9(5)17/h2-4,6-7,10,18H,1H3,(H2,13,14,15)/t4-,6+,7+,10-/m1/s1. The fourth-order valence-electron chi connectivity index (χ4n) is 2.23. The molecule has 1 fully saturated rings. The van der Waals surface area contributed by atoms with Crippen molar-refractivity contribution in [3.8, 4) is 0 Å². The van der Waals surface area contributed by atoms with Crippen LogP contribution in [0.3, 0.4) is 0 Å². The van der Waals surface area contributed by atoms with E-state index in [4.69, 9.17) is 10.5 Å². The van der Waals surface area contributed by atoms with Crippen molar-refractivity contribution < 1.29 is 23.8 Å². The number of nitrogens with two attached hydrogens (primary N) is 1. The molecule has 3 rings (SSSR count). The monoisotopic (exact) mass is 297 g/mol. The quantitative estimate of drug-likeness (QED) is 0.688. The van der Waals surface area contributed by atoms with E-state index in [9.17, 15) is 14.3 Å². The molecule has 1 aliphatic rings. The summed E-state index contributed by atoms with van der Waals surface area (Å²) in [6.07, 6.45) is -3.69. The number of nitrogen functional groups attached to an aromatic ring is 1. The Labute approximate surface area is 117 Å². The van der Waals surface area contributed by atoms with E-state index in [1.54, 1.807) is 0 Å². The van der Waals surface area contributed by atoms with Gasteiger partial charge in [-0.25, -0.2) is 24.1 Å². The van der Waals surface area contributed by atoms with Gasteiger partial charge in [0, 0.05) is 0 Å². The van der Waals surface area contributed by atoms with Crippen LogP contribution in [0, 0.1) is 0 Å². The predicted octanol–water partition coefficient (Wildman–Crippen LogP) is -0.822. The molecule has 2 aromatic rings. The number of aliphatic hydroxyl groups excluding tert-OH is 1. The molecular weight excluding hydrogens is 285 g/mol. The van der Waals surface area contributed by atoms with Crippen molar-refractivity contribution in [1.29, 1.82) is 0 Å². The summed E-state index contributed by atoms with van der Waals surface area (Å²) in [6.45, 7) is 0. The zero-order chi connectivity index (χ0) is 15.1. The normalized spacial score (nSPS) is 28.9. The molecule has 112 valence electrons. The molecule has 0 bridgehead atoms. The highest BCUT2D eigenvalue weighted by molar-refractivity contribution is 5.81. The van der Waals surface area contributed by atoms with Crippen molar-refractivity contribution in [1.82, 2.24) is 19.5 Å². The van der Waals surface area contributed by atoms with Crippen LogP contribution in [0.4, 0.5) is 10.2 Å². The van der Waals surface area contributed by atoms with Crippen LogP contribution in [0.2, 0.25) is 0 Å². The summed E-state index contributed by atoms with van der Waals surface area (Å²) in [4.78, 5) is 23.2. The molecule has 2 aromatic heterocycles. The van der Waals surface area contributed by atoms with E-state index in [2.05, 4.69) is 19.7 Å². The third-order valence-corrected chi connectivity index (χ3v) is 3.29. The van der Waals surface area contributed by atoms with Crippen LogP contribution in [0.5, 0.6) is 0 Å². The average Bonchev–Trinajstić information content (AvgIpc) is 3.02. The minimum absolute atomic E-state index is 0.136. The Kier molecular flexibility index (Phi) is 3.18. The van der Waals surface area contributed by atoms with Gasteiger partial charge in [-0.1, -0.05) is 0 Å². The van der Waals surface area contributed by atoms with E-state index >= 15 is 0 Å². The molecule has 10 heteroatoms. The first-order chi connectivity index (χ1) is 10.0. The van der Waals surface area contributed by atoms with Crippen molar-refractivity contribution in [3.63, 3.8) is 0 Å². The van der Waals surface area contributed by atoms with Gasteiger partial charge >= 0.3 is 5.97 Å². The zero-order valence-electron chi connectivity index (χ0n) is 10.9. The molecule has 0 aromatic carbocycles. The fourth-order valence-corrected chi connectivity index (χ4v) is 2.23. The first-order valence-electron chi connectivity index (χ1n) is 6.03. The van der Waals surface area contributed by atoms with Gasteiger partial charge in [0.25, 0.3) is 0 Å². The number of rotatable bonds is 2. The van der Waals surface area contributed by atoms with Crippen LogP contribution >= 0.6 is 0 Å². The molecule has 9 nitrogen and oxygen atoms in total. The van der Waals surface area contributed by atoms with Gasteiger partial charge in [0.1, 0.15) is 17.9 Å². The number of methoxy groups -OCH3 is 1. The van der Waals surface area contributed by atoms with Crippen LogP contribution in [0.15, 0.2) is 12.7 Å². The van der Waals surface area contributed by atoms with Crippen LogP contribution in [0.25, 0.3) is 11.2 Å². The summed E-state index contributed by atoms with van der Waals surface area (Å²) in [5, 5.41) is 9.76. The molecular formula is C11H12FN5O4. The number of esters is 1. The minimum atomic E-state index is -1.84. The summed E-state index contributed by atoms with van der Waals surface area (Å²) in [5.41, 5.74) is 6.17. The Bertz CT molecular complexity index is 692. The zero-order valence-corrected chi connectivity index (χ0v) is 10.9. The number of aliphatic hydroxyl groups is 1. The number of hydrogen-bond acceptors (Lipinski definition) is 8. The lowest BCUT2D eigenvalue weighted by Crippen LogP contribution is -2.35. The number of anilines is 1. The largest absolute Gasteiger partial charge is 0.467 e. The topological polar surface area (TPSA) is 125 Å². The average molecular weight is 297 g/mol. The number of fused-ring (bicyclic) bond motifs is 1. The second-order valence-electron chi connectivity index (χ2n) is 4.49. The highest BCUT2D eigenvalue weighted by Crippen LogP contribution is 2.34. The Balaban J connectivity index is 2.00. The molecule has 3 heterocycles. The number of hydrogen-bond donors (Lipinski definition) is 2. The van der Waals surface area contributed by atoms with Crippen LogP contribution < -0.4 is 5.73 Å². The van der Waals surface area contributed by atoms with Gasteiger partial charge in [-0.2, -0.15) is 0 Å². The first-order valence-corrected chi connectivity index (χ1v) is 6.03. The summed E-state index contributed by atoms with van der Waals surface area (Å²) < 4.78 is 25.2. The van der Waals surface area contributed by atoms with Gasteiger partial charge in [-0.15, -0.1) is 0 Å². The van der Waals surface area contributed by atoms with Crippen LogP contribution in [0.1, 0.15) is 6.23 Å². The molecule has 1 saturated heterocycles. The molecule has 21 heavy (non-hydrogen) atoms. The Hall–Kier alpha value is -2.33. The van der Waals surface area contributed by atoms with Crippen LogP contribution in [-0.2, 0) is 14.3 Å². The predicted molar refractivity (Wildman–Crippen MR) is 66.6 cm³/mol. The summed E-state index contributed by atoms with van der Waals surface area (Å²) in [6, 6.07) is 0. The highest BCUT2D eigenvalue weighted by Gasteiger charge is 2.49. The molecule has 3 N–H and O–H groups in total. The van der Waals surface area contributed by atoms with Crippen molar-refractivity contribution in [3.05, 3.63) is 12.7 Å². The lowest BCUT2D eigenvalue weighted by atomic mass is 10.1. The van der Waals surface area contributed by atoms with Crippen molar-refractivity contribution in [2.45, 2.75) is 24.6 Å². The molecule has 0 saturated carbocycles. The smallest absolute Gasteiger partial charge is 0.337 e. The van der Waals surface area contributed by atoms with Gasteiger partial charge in [0.2, 0.25) is 0 Å². The SMILES string of the molecule is COC(=O)[C@H]1O[C@@H](n2cnc3c(N)ncnc32)[C@H](F)[C@@H]1O. The number of imidazole rings is 1. The lowest BCUT2D eigenvalue weighted by molar-refractivity contribution is -0.158. The van der Waals surface area contributed by atoms with Crippen molar-refractivity contribution in [2.75, 3.05) is 12.8 Å². The molecule has 0 radical (unpaired) electrons. The summed E-state index contributed by atoms with van der Waals surface area (Å²) in [5.74, 6) is -0.719. The van der Waals surface area contributed by atoms with Crippen molar-refractivity contribution >= 4 is 23.0 Å². The fraction of sp³-hybridized carbons (Fsp3) is 0.455. The number of carbonyl (C=O) groups excluding carboxylic acids is 1. The first kappa shape index (κ1) is 13.6. The summed E-state index contributed by atoms with van der Waals surface area (Å²) >= 11 is 0. The number of ether oxygens (including phenoxy) is 2. The third-order valence-electron chi connectivity index (χ3n) is 3.29.